The molecule has 1 aromatic heterocycles. The molecule has 5 nitrogen and oxygen atoms in total. The van der Waals surface area contributed by atoms with E-state index in [9.17, 15) is 9.90 Å². The Hall–Kier alpha value is -3.21. The number of aromatic hydroxyl groups is 1. The second-order valence-corrected chi connectivity index (χ2v) is 6.93. The molecule has 0 atom stereocenters. The second-order valence-electron chi connectivity index (χ2n) is 6.93. The number of phenolic OH excluding ortho intramolecular Hbond substituents is 1. The lowest BCUT2D eigenvalue weighted by Crippen LogP contribution is -2.37. The van der Waals surface area contributed by atoms with Crippen molar-refractivity contribution in [3.8, 4) is 17.0 Å². The molecule has 1 aliphatic rings. The van der Waals surface area contributed by atoms with E-state index in [0.717, 1.165) is 33.9 Å². The molecular formula is C22H21N3O2. The van der Waals surface area contributed by atoms with Gasteiger partial charge in [-0.3, -0.25) is 4.79 Å². The topological polar surface area (TPSA) is 66.3 Å². The summed E-state index contributed by atoms with van der Waals surface area (Å²) in [5, 5.41) is 9.57. The van der Waals surface area contributed by atoms with Crippen LogP contribution in [0.4, 0.5) is 0 Å². The third kappa shape index (κ3) is 3.40. The van der Waals surface area contributed by atoms with Crippen molar-refractivity contribution in [3.63, 3.8) is 0 Å². The maximum atomic E-state index is 12.9. The molecule has 4 rings (SSSR count). The maximum Gasteiger partial charge on any atom is 0.254 e. The minimum atomic E-state index is 0.0258. The fourth-order valence-corrected chi connectivity index (χ4v) is 3.45. The highest BCUT2D eigenvalue weighted by molar-refractivity contribution is 5.94. The molecule has 1 aliphatic heterocycles. The van der Waals surface area contributed by atoms with Crippen molar-refractivity contribution in [1.29, 1.82) is 0 Å². The van der Waals surface area contributed by atoms with Gasteiger partial charge in [0, 0.05) is 36.2 Å². The lowest BCUT2D eigenvalue weighted by atomic mass is 9.98. The van der Waals surface area contributed by atoms with Crippen LogP contribution in [0.3, 0.4) is 0 Å². The minimum absolute atomic E-state index is 0.0258. The molecule has 2 aromatic carbocycles. The lowest BCUT2D eigenvalue weighted by molar-refractivity contribution is 0.0733. The Morgan fingerprint density at radius 1 is 1.00 bits per heavy atom. The van der Waals surface area contributed by atoms with Gasteiger partial charge in [-0.1, -0.05) is 17.7 Å². The lowest BCUT2D eigenvalue weighted by Gasteiger charge is -2.30. The molecule has 2 heterocycles. The van der Waals surface area contributed by atoms with Crippen molar-refractivity contribution >= 4 is 5.91 Å². The first-order valence-electron chi connectivity index (χ1n) is 9.03. The molecule has 0 saturated carbocycles. The number of phenols is 1. The Kier molecular flexibility index (Phi) is 4.36. The van der Waals surface area contributed by atoms with Crippen LogP contribution < -0.4 is 0 Å². The van der Waals surface area contributed by atoms with Gasteiger partial charge < -0.3 is 10.0 Å². The fraction of sp³-hybridized carbons (Fsp3) is 0.227. The first-order chi connectivity index (χ1) is 13.0. The Labute approximate surface area is 158 Å². The van der Waals surface area contributed by atoms with E-state index in [2.05, 4.69) is 9.97 Å². The van der Waals surface area contributed by atoms with Gasteiger partial charge in [-0.2, -0.15) is 0 Å². The highest BCUT2D eigenvalue weighted by atomic mass is 16.3. The monoisotopic (exact) mass is 359 g/mol. The van der Waals surface area contributed by atoms with E-state index in [1.165, 1.54) is 0 Å². The van der Waals surface area contributed by atoms with Gasteiger partial charge in [0.25, 0.3) is 5.91 Å². The molecule has 136 valence electrons. The Morgan fingerprint density at radius 3 is 2.41 bits per heavy atom. The molecule has 0 spiro atoms. The number of hydrogen-bond donors (Lipinski definition) is 1. The number of amides is 1. The fourth-order valence-electron chi connectivity index (χ4n) is 3.45. The molecule has 1 amide bonds. The number of fused-ring (bicyclic) bond motifs is 1. The second kappa shape index (κ2) is 6.83. The van der Waals surface area contributed by atoms with Crippen LogP contribution in [0.25, 0.3) is 11.3 Å². The van der Waals surface area contributed by atoms with E-state index < -0.39 is 0 Å². The summed E-state index contributed by atoms with van der Waals surface area (Å²) in [5.41, 5.74) is 5.56. The normalized spacial score (nSPS) is 13.3. The predicted molar refractivity (Wildman–Crippen MR) is 103 cm³/mol. The zero-order valence-corrected chi connectivity index (χ0v) is 15.4. The number of nitrogens with zero attached hydrogens (tertiary/aromatic N) is 3. The van der Waals surface area contributed by atoms with Gasteiger partial charge in [0.1, 0.15) is 11.6 Å². The summed E-state index contributed by atoms with van der Waals surface area (Å²) in [5.74, 6) is 0.961. The van der Waals surface area contributed by atoms with Gasteiger partial charge >= 0.3 is 0 Å². The highest BCUT2D eigenvalue weighted by Crippen LogP contribution is 2.29. The van der Waals surface area contributed by atoms with Crippen LogP contribution in [0.2, 0.25) is 0 Å². The van der Waals surface area contributed by atoms with Crippen LogP contribution in [0.15, 0.2) is 48.5 Å². The summed E-state index contributed by atoms with van der Waals surface area (Å²) >= 11 is 0. The smallest absolute Gasteiger partial charge is 0.254 e. The van der Waals surface area contributed by atoms with Gasteiger partial charge in [-0.25, -0.2) is 9.97 Å². The van der Waals surface area contributed by atoms with Gasteiger partial charge in [0.05, 0.1) is 11.4 Å². The van der Waals surface area contributed by atoms with E-state index in [4.69, 9.17) is 0 Å². The largest absolute Gasteiger partial charge is 0.508 e. The first-order valence-corrected chi connectivity index (χ1v) is 9.03. The zero-order chi connectivity index (χ0) is 19.0. The van der Waals surface area contributed by atoms with Crippen LogP contribution in [0.5, 0.6) is 5.75 Å². The van der Waals surface area contributed by atoms with E-state index in [0.29, 0.717) is 25.1 Å². The molecule has 0 radical (unpaired) electrons. The van der Waals surface area contributed by atoms with Crippen molar-refractivity contribution in [2.24, 2.45) is 0 Å². The molecule has 0 unspecified atom stereocenters. The molecule has 0 bridgehead atoms. The Bertz CT molecular complexity index is 995. The molecule has 0 aliphatic carbocycles. The Balaban J connectivity index is 1.70. The van der Waals surface area contributed by atoms with Crippen molar-refractivity contribution in [2.75, 3.05) is 6.54 Å². The third-order valence-electron chi connectivity index (χ3n) is 4.90. The number of hydrogen-bond acceptors (Lipinski definition) is 4. The molecule has 0 saturated heterocycles. The highest BCUT2D eigenvalue weighted by Gasteiger charge is 2.26. The number of aromatic nitrogens is 2. The zero-order valence-electron chi connectivity index (χ0n) is 15.4. The molecule has 27 heavy (non-hydrogen) atoms. The molecule has 5 heteroatoms. The summed E-state index contributed by atoms with van der Waals surface area (Å²) in [4.78, 5) is 24.0. The van der Waals surface area contributed by atoms with Gasteiger partial charge in [-0.15, -0.1) is 0 Å². The summed E-state index contributed by atoms with van der Waals surface area (Å²) < 4.78 is 0. The number of rotatable bonds is 2. The van der Waals surface area contributed by atoms with E-state index in [1.54, 1.807) is 12.1 Å². The SMILES string of the molecule is Cc1ccc(C(=O)N2CCc3nc(C)nc(-c4ccc(O)cc4)c3C2)cc1. The summed E-state index contributed by atoms with van der Waals surface area (Å²) in [6, 6.07) is 14.7. The maximum absolute atomic E-state index is 12.9. The van der Waals surface area contributed by atoms with Crippen LogP contribution in [-0.2, 0) is 13.0 Å². The molecule has 1 N–H and O–H groups in total. The van der Waals surface area contributed by atoms with Gasteiger partial charge in [0.15, 0.2) is 0 Å². The Morgan fingerprint density at radius 2 is 1.70 bits per heavy atom. The quantitative estimate of drug-likeness (QED) is 0.758. The molecule has 0 fully saturated rings. The van der Waals surface area contributed by atoms with E-state index >= 15 is 0 Å². The average molecular weight is 359 g/mol. The summed E-state index contributed by atoms with van der Waals surface area (Å²) in [6.45, 7) is 5.02. The van der Waals surface area contributed by atoms with Crippen molar-refractivity contribution in [3.05, 3.63) is 76.7 Å². The van der Waals surface area contributed by atoms with Crippen LogP contribution >= 0.6 is 0 Å². The molecular weight excluding hydrogens is 338 g/mol. The van der Waals surface area contributed by atoms with Crippen LogP contribution in [0.1, 0.15) is 33.0 Å². The van der Waals surface area contributed by atoms with Crippen molar-refractivity contribution < 1.29 is 9.90 Å². The van der Waals surface area contributed by atoms with E-state index in [1.807, 2.05) is 55.1 Å². The average Bonchev–Trinajstić information content (AvgIpc) is 2.68. The number of aryl methyl sites for hydroxylation is 2. The first kappa shape index (κ1) is 17.2. The predicted octanol–water partition coefficient (Wildman–Crippen LogP) is 3.66. The number of carbonyl (C=O) groups excluding carboxylic acids is 1. The minimum Gasteiger partial charge on any atom is -0.508 e. The summed E-state index contributed by atoms with van der Waals surface area (Å²) in [6.07, 6.45) is 0.710. The third-order valence-corrected chi connectivity index (χ3v) is 4.90. The molecule has 3 aromatic rings. The van der Waals surface area contributed by atoms with Crippen molar-refractivity contribution in [2.45, 2.75) is 26.8 Å². The van der Waals surface area contributed by atoms with Crippen LogP contribution in [0, 0.1) is 13.8 Å². The van der Waals surface area contributed by atoms with Gasteiger partial charge in [0.2, 0.25) is 0 Å². The van der Waals surface area contributed by atoms with Crippen molar-refractivity contribution in [1.82, 2.24) is 14.9 Å². The number of carbonyl (C=O) groups is 1. The standard InChI is InChI=1S/C22H21N3O2/c1-14-3-5-17(6-4-14)22(27)25-12-11-20-19(13-25)21(24-15(2)23-20)16-7-9-18(26)10-8-16/h3-10,26H,11-13H2,1-2H3. The van der Waals surface area contributed by atoms with E-state index in [-0.39, 0.29) is 11.7 Å². The summed E-state index contributed by atoms with van der Waals surface area (Å²) in [7, 11) is 0. The van der Waals surface area contributed by atoms with Crippen LogP contribution in [-0.4, -0.2) is 32.4 Å². The van der Waals surface area contributed by atoms with Gasteiger partial charge in [-0.05, 0) is 50.2 Å². The number of benzene rings is 2.